The van der Waals surface area contributed by atoms with Gasteiger partial charge in [0.15, 0.2) is 0 Å². The van der Waals surface area contributed by atoms with Crippen LogP contribution in [0.2, 0.25) is 0 Å². The summed E-state index contributed by atoms with van der Waals surface area (Å²) >= 11 is 0. The largest absolute Gasteiger partial charge is 0.497 e. The third-order valence-corrected chi connectivity index (χ3v) is 6.43. The van der Waals surface area contributed by atoms with Crippen molar-refractivity contribution >= 4 is 32.6 Å². The van der Waals surface area contributed by atoms with Crippen molar-refractivity contribution < 1.29 is 22.7 Å². The molecule has 0 saturated heterocycles. The summed E-state index contributed by atoms with van der Waals surface area (Å²) in [5.41, 5.74) is 2.36. The van der Waals surface area contributed by atoms with Gasteiger partial charge in [-0.15, -0.1) is 0 Å². The molecule has 8 heteroatoms. The first kappa shape index (κ1) is 20.7. The number of carbonyl (C=O) groups excluding carboxylic acids is 1. The maximum absolute atomic E-state index is 13.2. The summed E-state index contributed by atoms with van der Waals surface area (Å²) in [5.74, 6) is 0.284. The van der Waals surface area contributed by atoms with Gasteiger partial charge in [-0.05, 0) is 49.2 Å². The molecular weight excluding hydrogens is 392 g/mol. The fourth-order valence-corrected chi connectivity index (χ4v) is 5.01. The molecule has 154 valence electrons. The highest BCUT2D eigenvalue weighted by Crippen LogP contribution is 2.30. The van der Waals surface area contributed by atoms with E-state index in [1.165, 1.54) is 7.11 Å². The number of hydrogen-bond acceptors (Lipinski definition) is 5. The lowest BCUT2D eigenvalue weighted by molar-refractivity contribution is -0.140. The number of esters is 1. The molecule has 0 aliphatic heterocycles. The Morgan fingerprint density at radius 2 is 1.79 bits per heavy atom. The Balaban J connectivity index is 2.02. The highest BCUT2D eigenvalue weighted by atomic mass is 32.2. The standard InChI is InChI=1S/C21H24N2O5S/c1-14-12-17(27-3)13-15(2)21(14)29(25,26)22-18-7-5-6-16-8-10-23(20(16)18)11-9-19(24)28-4/h5-8,10,12-13,22H,9,11H2,1-4H3. The normalized spacial score (nSPS) is 11.4. The highest BCUT2D eigenvalue weighted by molar-refractivity contribution is 7.92. The maximum Gasteiger partial charge on any atom is 0.307 e. The molecule has 7 nitrogen and oxygen atoms in total. The first-order valence-electron chi connectivity index (χ1n) is 9.09. The molecule has 3 aromatic rings. The van der Waals surface area contributed by atoms with Gasteiger partial charge in [-0.25, -0.2) is 8.42 Å². The Morgan fingerprint density at radius 1 is 1.10 bits per heavy atom. The van der Waals surface area contributed by atoms with Crippen LogP contribution in [0, 0.1) is 13.8 Å². The number of aromatic nitrogens is 1. The molecule has 0 fully saturated rings. The van der Waals surface area contributed by atoms with Crippen molar-refractivity contribution in [3.05, 3.63) is 53.7 Å². The van der Waals surface area contributed by atoms with Crippen molar-refractivity contribution in [1.29, 1.82) is 0 Å². The lowest BCUT2D eigenvalue weighted by Gasteiger charge is -2.16. The number of nitrogens with zero attached hydrogens (tertiary/aromatic N) is 1. The van der Waals surface area contributed by atoms with Gasteiger partial charge in [0.25, 0.3) is 10.0 Å². The van der Waals surface area contributed by atoms with Crippen molar-refractivity contribution in [3.63, 3.8) is 0 Å². The molecule has 0 aliphatic rings. The van der Waals surface area contributed by atoms with Gasteiger partial charge < -0.3 is 14.0 Å². The van der Waals surface area contributed by atoms with Gasteiger partial charge in [-0.2, -0.15) is 0 Å². The molecule has 29 heavy (non-hydrogen) atoms. The highest BCUT2D eigenvalue weighted by Gasteiger charge is 2.22. The summed E-state index contributed by atoms with van der Waals surface area (Å²) in [6, 6.07) is 10.7. The molecule has 1 N–H and O–H groups in total. The molecule has 2 aromatic carbocycles. The van der Waals surface area contributed by atoms with Crippen molar-refractivity contribution in [1.82, 2.24) is 4.57 Å². The quantitative estimate of drug-likeness (QED) is 0.595. The molecule has 0 spiro atoms. The zero-order chi connectivity index (χ0) is 21.2. The molecule has 0 unspecified atom stereocenters. The van der Waals surface area contributed by atoms with Gasteiger partial charge in [0.05, 0.1) is 36.7 Å². The SMILES string of the molecule is COC(=O)CCn1ccc2cccc(NS(=O)(=O)c3c(C)cc(OC)cc3C)c21. The van der Waals surface area contributed by atoms with Crippen LogP contribution in [0.1, 0.15) is 17.5 Å². The van der Waals surface area contributed by atoms with Crippen molar-refractivity contribution in [2.75, 3.05) is 18.9 Å². The molecule has 1 heterocycles. The second-order valence-corrected chi connectivity index (χ2v) is 8.39. The minimum atomic E-state index is -3.83. The number of fused-ring (bicyclic) bond motifs is 1. The van der Waals surface area contributed by atoms with Crippen LogP contribution in [0.3, 0.4) is 0 Å². The minimum absolute atomic E-state index is 0.193. The number of carbonyl (C=O) groups is 1. The average Bonchev–Trinajstić information content (AvgIpc) is 3.09. The second-order valence-electron chi connectivity index (χ2n) is 6.77. The number of hydrogen-bond donors (Lipinski definition) is 1. The topological polar surface area (TPSA) is 86.6 Å². The van der Waals surface area contributed by atoms with E-state index in [4.69, 9.17) is 9.47 Å². The van der Waals surface area contributed by atoms with Crippen molar-refractivity contribution in [2.24, 2.45) is 0 Å². The number of rotatable bonds is 7. The fourth-order valence-electron chi connectivity index (χ4n) is 3.49. The van der Waals surface area contributed by atoms with Crippen LogP contribution in [-0.4, -0.2) is 33.2 Å². The third kappa shape index (κ3) is 4.22. The number of aryl methyl sites for hydroxylation is 3. The molecule has 3 rings (SSSR count). The van der Waals surface area contributed by atoms with E-state index < -0.39 is 10.0 Å². The van der Waals surface area contributed by atoms with E-state index in [9.17, 15) is 13.2 Å². The summed E-state index contributed by atoms with van der Waals surface area (Å²) in [5, 5.41) is 0.873. The lowest BCUT2D eigenvalue weighted by atomic mass is 10.1. The Morgan fingerprint density at radius 3 is 2.41 bits per heavy atom. The van der Waals surface area contributed by atoms with E-state index in [1.54, 1.807) is 45.2 Å². The summed E-state index contributed by atoms with van der Waals surface area (Å²) in [7, 11) is -0.944. The summed E-state index contributed by atoms with van der Waals surface area (Å²) in [4.78, 5) is 11.7. The predicted octanol–water partition coefficient (Wildman–Crippen LogP) is 3.63. The van der Waals surface area contributed by atoms with Gasteiger partial charge in [-0.3, -0.25) is 9.52 Å². The van der Waals surface area contributed by atoms with E-state index in [0.29, 0.717) is 34.6 Å². The van der Waals surface area contributed by atoms with Crippen LogP contribution in [0.5, 0.6) is 5.75 Å². The van der Waals surface area contributed by atoms with E-state index in [2.05, 4.69) is 4.72 Å². The molecule has 1 aromatic heterocycles. The Hall–Kier alpha value is -3.00. The van der Waals surface area contributed by atoms with E-state index >= 15 is 0 Å². The number of nitrogens with one attached hydrogen (secondary N) is 1. The number of ether oxygens (including phenoxy) is 2. The Bertz CT molecular complexity index is 1140. The summed E-state index contributed by atoms with van der Waals surface area (Å²) < 4.78 is 40.9. The summed E-state index contributed by atoms with van der Waals surface area (Å²) in [6.07, 6.45) is 2.02. The van der Waals surface area contributed by atoms with E-state index in [0.717, 1.165) is 5.39 Å². The van der Waals surface area contributed by atoms with Crippen LogP contribution in [-0.2, 0) is 26.1 Å². The smallest absolute Gasteiger partial charge is 0.307 e. The van der Waals surface area contributed by atoms with Gasteiger partial charge >= 0.3 is 5.97 Å². The average molecular weight is 416 g/mol. The van der Waals surface area contributed by atoms with Gasteiger partial charge in [0, 0.05) is 18.1 Å². The predicted molar refractivity (Wildman–Crippen MR) is 112 cm³/mol. The van der Waals surface area contributed by atoms with Crippen molar-refractivity contribution in [2.45, 2.75) is 31.7 Å². The second kappa shape index (κ2) is 8.16. The molecule has 0 aliphatic carbocycles. The van der Waals surface area contributed by atoms with Gasteiger partial charge in [0.2, 0.25) is 0 Å². The van der Waals surface area contributed by atoms with Gasteiger partial charge in [-0.1, -0.05) is 12.1 Å². The summed E-state index contributed by atoms with van der Waals surface area (Å²) in [6.45, 7) is 3.86. The van der Waals surface area contributed by atoms with Crippen LogP contribution in [0.4, 0.5) is 5.69 Å². The lowest BCUT2D eigenvalue weighted by Crippen LogP contribution is -2.17. The van der Waals surface area contributed by atoms with Crippen LogP contribution in [0.25, 0.3) is 10.9 Å². The number of sulfonamides is 1. The molecular formula is C21H24N2O5S. The first-order chi connectivity index (χ1) is 13.8. The molecule has 0 amide bonds. The van der Waals surface area contributed by atoms with Crippen LogP contribution < -0.4 is 9.46 Å². The zero-order valence-electron chi connectivity index (χ0n) is 16.9. The number of methoxy groups -OCH3 is 2. The third-order valence-electron chi connectivity index (χ3n) is 4.76. The maximum atomic E-state index is 13.2. The number of benzene rings is 2. The Labute approximate surface area is 170 Å². The molecule has 0 radical (unpaired) electrons. The fraction of sp³-hybridized carbons (Fsp3) is 0.286. The minimum Gasteiger partial charge on any atom is -0.497 e. The zero-order valence-corrected chi connectivity index (χ0v) is 17.7. The number of anilines is 1. The number of para-hydroxylation sites is 1. The van der Waals surface area contributed by atoms with Gasteiger partial charge in [0.1, 0.15) is 5.75 Å². The monoisotopic (exact) mass is 416 g/mol. The van der Waals surface area contributed by atoms with E-state index in [-0.39, 0.29) is 17.3 Å². The molecule has 0 atom stereocenters. The van der Waals surface area contributed by atoms with E-state index in [1.807, 2.05) is 22.9 Å². The molecule has 0 bridgehead atoms. The molecule has 0 saturated carbocycles. The Kier molecular flexibility index (Phi) is 5.83. The van der Waals surface area contributed by atoms with Crippen LogP contribution in [0.15, 0.2) is 47.5 Å². The van der Waals surface area contributed by atoms with Crippen LogP contribution >= 0.6 is 0 Å². The first-order valence-corrected chi connectivity index (χ1v) is 10.6. The van der Waals surface area contributed by atoms with Crippen molar-refractivity contribution in [3.8, 4) is 5.75 Å².